The topological polar surface area (TPSA) is 18.5 Å². The van der Waals surface area contributed by atoms with E-state index in [9.17, 15) is 0 Å². The molecule has 0 aromatic carbocycles. The number of hydrogen-bond donors (Lipinski definition) is 0. The summed E-state index contributed by atoms with van der Waals surface area (Å²) in [6.07, 6.45) is 16.3. The average Bonchev–Trinajstić information content (AvgIpc) is 3.09. The van der Waals surface area contributed by atoms with Gasteiger partial charge < -0.3 is 8.85 Å². The minimum absolute atomic E-state index is 0.486. The highest BCUT2D eigenvalue weighted by Gasteiger charge is 2.63. The lowest BCUT2D eigenvalue weighted by Gasteiger charge is -2.64. The molecular formula is C33H64O2Si2. The van der Waals surface area contributed by atoms with Crippen LogP contribution in [0.3, 0.4) is 0 Å². The maximum atomic E-state index is 7.23. The Morgan fingerprint density at radius 1 is 0.730 bits per heavy atom. The largest absolute Gasteiger partial charge is 0.415 e. The van der Waals surface area contributed by atoms with Gasteiger partial charge in [0.05, 0.1) is 0 Å². The van der Waals surface area contributed by atoms with Crippen LogP contribution in [0.5, 0.6) is 0 Å². The van der Waals surface area contributed by atoms with Gasteiger partial charge in [0.2, 0.25) is 0 Å². The Morgan fingerprint density at radius 3 is 1.97 bits per heavy atom. The van der Waals surface area contributed by atoms with Crippen molar-refractivity contribution in [3.05, 3.63) is 0 Å². The third kappa shape index (κ3) is 6.48. The molecule has 37 heavy (non-hydrogen) atoms. The molecule has 0 bridgehead atoms. The maximum absolute atomic E-state index is 7.23. The molecule has 4 heteroatoms. The van der Waals surface area contributed by atoms with Gasteiger partial charge in [0.15, 0.2) is 16.6 Å². The van der Waals surface area contributed by atoms with Crippen molar-refractivity contribution in [2.45, 2.75) is 157 Å². The number of rotatable bonds is 9. The van der Waals surface area contributed by atoms with Crippen molar-refractivity contribution in [3.8, 4) is 0 Å². The predicted octanol–water partition coefficient (Wildman–Crippen LogP) is 10.2. The molecule has 0 aromatic rings. The monoisotopic (exact) mass is 548 g/mol. The molecule has 4 fully saturated rings. The fourth-order valence-corrected chi connectivity index (χ4v) is 12.7. The lowest BCUT2D eigenvalue weighted by atomic mass is 9.43. The molecule has 0 spiro atoms. The Kier molecular flexibility index (Phi) is 8.99. The highest BCUT2D eigenvalue weighted by molar-refractivity contribution is 6.70. The summed E-state index contributed by atoms with van der Waals surface area (Å²) >= 11 is 0. The van der Waals surface area contributed by atoms with E-state index in [1.54, 1.807) is 0 Å². The minimum atomic E-state index is -1.62. The first kappa shape index (κ1) is 30.3. The standard InChI is InChI=1S/C33H64O2Si2/c1-23(2)13-12-14-24(3)27-15-16-28-31-29(18-20-33(27,28)5)32(4)19-17-26(34-36(6,7)8)21-25(32)22-30(31)35-37(9,10)11/h23-31H,12-22H2,1-11H3/t24?,25-,26+,27+,28?,29?,30-,31?,32-,33+/m0/s1. The zero-order valence-electron chi connectivity index (χ0n) is 26.8. The highest BCUT2D eigenvalue weighted by Crippen LogP contribution is 2.69. The molecule has 10 atom stereocenters. The molecule has 0 N–H and O–H groups in total. The SMILES string of the molecule is CC(C)CCCC(C)[C@H]1CCC2C3C(CC[C@@]21C)[C@@]1(C)CC[C@@H](O[Si](C)(C)C)C[C@H]1C[C@@H]3O[Si](C)(C)C. The number of fused-ring (bicyclic) bond motifs is 5. The maximum Gasteiger partial charge on any atom is 0.184 e. The van der Waals surface area contributed by atoms with E-state index in [-0.39, 0.29) is 0 Å². The predicted molar refractivity (Wildman–Crippen MR) is 165 cm³/mol. The fraction of sp³-hybridized carbons (Fsp3) is 1.00. The smallest absolute Gasteiger partial charge is 0.184 e. The number of hydrogen-bond acceptors (Lipinski definition) is 2. The van der Waals surface area contributed by atoms with Gasteiger partial charge in [-0.3, -0.25) is 0 Å². The quantitative estimate of drug-likeness (QED) is 0.267. The van der Waals surface area contributed by atoms with Crippen LogP contribution in [0, 0.1) is 52.3 Å². The summed E-state index contributed by atoms with van der Waals surface area (Å²) in [5, 5.41) is 0. The molecule has 0 saturated heterocycles. The van der Waals surface area contributed by atoms with Gasteiger partial charge in [0.25, 0.3) is 0 Å². The third-order valence-electron chi connectivity index (χ3n) is 11.8. The zero-order valence-corrected chi connectivity index (χ0v) is 28.8. The fourth-order valence-electron chi connectivity index (χ4n) is 10.4. The zero-order chi connectivity index (χ0) is 27.4. The normalized spacial score (nSPS) is 43.3. The van der Waals surface area contributed by atoms with Crippen molar-refractivity contribution in [2.75, 3.05) is 0 Å². The molecule has 0 radical (unpaired) electrons. The van der Waals surface area contributed by atoms with Crippen molar-refractivity contribution in [2.24, 2.45) is 52.3 Å². The van der Waals surface area contributed by atoms with Crippen molar-refractivity contribution >= 4 is 16.6 Å². The first-order valence-corrected chi connectivity index (χ1v) is 23.2. The first-order chi connectivity index (χ1) is 17.0. The lowest BCUT2D eigenvalue weighted by Crippen LogP contribution is -2.60. The molecule has 4 rings (SSSR count). The van der Waals surface area contributed by atoms with E-state index in [1.807, 2.05) is 0 Å². The van der Waals surface area contributed by atoms with Gasteiger partial charge in [-0.05, 0) is 143 Å². The average molecular weight is 549 g/mol. The molecule has 4 unspecified atom stereocenters. The molecule has 0 aliphatic heterocycles. The van der Waals surface area contributed by atoms with Crippen molar-refractivity contribution in [1.82, 2.24) is 0 Å². The molecule has 4 aliphatic carbocycles. The molecule has 4 saturated carbocycles. The van der Waals surface area contributed by atoms with Crippen LogP contribution >= 0.6 is 0 Å². The second-order valence-electron chi connectivity index (χ2n) is 17.2. The summed E-state index contributed by atoms with van der Waals surface area (Å²) in [5.74, 6) is 5.94. The Morgan fingerprint density at radius 2 is 1.35 bits per heavy atom. The lowest BCUT2D eigenvalue weighted by molar-refractivity contribution is -0.168. The molecule has 0 amide bonds. The van der Waals surface area contributed by atoms with Crippen molar-refractivity contribution < 1.29 is 8.85 Å². The first-order valence-electron chi connectivity index (χ1n) is 16.4. The van der Waals surface area contributed by atoms with Gasteiger partial charge in [-0.25, -0.2) is 0 Å². The summed E-state index contributed by atoms with van der Waals surface area (Å²) < 4.78 is 13.9. The van der Waals surface area contributed by atoms with E-state index < -0.39 is 16.6 Å². The van der Waals surface area contributed by atoms with Crippen LogP contribution in [0.25, 0.3) is 0 Å². The van der Waals surface area contributed by atoms with Gasteiger partial charge in [-0.2, -0.15) is 0 Å². The summed E-state index contributed by atoms with van der Waals surface area (Å²) in [7, 11) is -3.12. The summed E-state index contributed by atoms with van der Waals surface area (Å²) in [5.41, 5.74) is 1.02. The summed E-state index contributed by atoms with van der Waals surface area (Å²) in [4.78, 5) is 0. The van der Waals surface area contributed by atoms with Gasteiger partial charge in [-0.1, -0.05) is 53.9 Å². The van der Waals surface area contributed by atoms with E-state index in [0.29, 0.717) is 23.0 Å². The van der Waals surface area contributed by atoms with E-state index in [1.165, 1.54) is 70.6 Å². The Hall–Kier alpha value is 0.354. The highest BCUT2D eigenvalue weighted by atomic mass is 28.4. The van der Waals surface area contributed by atoms with Crippen LogP contribution in [-0.2, 0) is 8.85 Å². The molecular weight excluding hydrogens is 485 g/mol. The van der Waals surface area contributed by atoms with Crippen molar-refractivity contribution in [1.29, 1.82) is 0 Å². The minimum Gasteiger partial charge on any atom is -0.415 e. The summed E-state index contributed by atoms with van der Waals surface area (Å²) in [6.45, 7) is 27.3. The molecule has 2 nitrogen and oxygen atoms in total. The van der Waals surface area contributed by atoms with Crippen LogP contribution in [0.2, 0.25) is 39.3 Å². The Balaban J connectivity index is 1.57. The van der Waals surface area contributed by atoms with Crippen LogP contribution < -0.4 is 0 Å². The van der Waals surface area contributed by atoms with E-state index >= 15 is 0 Å². The second-order valence-corrected chi connectivity index (χ2v) is 26.1. The van der Waals surface area contributed by atoms with Crippen LogP contribution in [-0.4, -0.2) is 28.8 Å². The van der Waals surface area contributed by atoms with Gasteiger partial charge >= 0.3 is 0 Å². The Bertz CT molecular complexity index is 769. The van der Waals surface area contributed by atoms with Gasteiger partial charge in [-0.15, -0.1) is 0 Å². The molecule has 0 aromatic heterocycles. The van der Waals surface area contributed by atoms with Gasteiger partial charge in [0, 0.05) is 12.2 Å². The van der Waals surface area contributed by atoms with E-state index in [2.05, 4.69) is 73.9 Å². The molecule has 216 valence electrons. The summed E-state index contributed by atoms with van der Waals surface area (Å²) in [6, 6.07) is 0. The molecule has 4 aliphatic rings. The molecule has 0 heterocycles. The van der Waals surface area contributed by atoms with E-state index in [0.717, 1.165) is 41.4 Å². The second kappa shape index (κ2) is 11.0. The van der Waals surface area contributed by atoms with Gasteiger partial charge in [0.1, 0.15) is 0 Å². The van der Waals surface area contributed by atoms with E-state index in [4.69, 9.17) is 8.85 Å². The van der Waals surface area contributed by atoms with Crippen LogP contribution in [0.15, 0.2) is 0 Å². The third-order valence-corrected chi connectivity index (χ3v) is 13.9. The Labute approximate surface area is 234 Å². The van der Waals surface area contributed by atoms with Crippen molar-refractivity contribution in [3.63, 3.8) is 0 Å². The van der Waals surface area contributed by atoms with Crippen LogP contribution in [0.4, 0.5) is 0 Å². The van der Waals surface area contributed by atoms with Crippen LogP contribution in [0.1, 0.15) is 105 Å².